The summed E-state index contributed by atoms with van der Waals surface area (Å²) in [6, 6.07) is 17.7. The third-order valence-corrected chi connectivity index (χ3v) is 5.19. The lowest BCUT2D eigenvalue weighted by atomic mass is 9.95. The molecule has 0 saturated carbocycles. The van der Waals surface area contributed by atoms with Crippen LogP contribution in [0.5, 0.6) is 17.2 Å². The molecule has 4 rings (SSSR count). The number of phenols is 2. The van der Waals surface area contributed by atoms with Crippen LogP contribution in [0.3, 0.4) is 0 Å². The van der Waals surface area contributed by atoms with Crippen LogP contribution >= 0.6 is 0 Å². The molecule has 7 nitrogen and oxygen atoms in total. The van der Waals surface area contributed by atoms with Crippen LogP contribution < -0.4 is 9.64 Å². The van der Waals surface area contributed by atoms with Gasteiger partial charge in [-0.2, -0.15) is 0 Å². The summed E-state index contributed by atoms with van der Waals surface area (Å²) < 4.78 is 5.48. The van der Waals surface area contributed by atoms with E-state index in [0.29, 0.717) is 23.5 Å². The number of hydrogen-bond donors (Lipinski definition) is 3. The quantitative estimate of drug-likeness (QED) is 0.319. The predicted molar refractivity (Wildman–Crippen MR) is 119 cm³/mol. The number of para-hydroxylation sites is 2. The molecule has 1 unspecified atom stereocenters. The number of amides is 1. The maximum absolute atomic E-state index is 13.1. The lowest BCUT2D eigenvalue weighted by Gasteiger charge is -2.26. The maximum Gasteiger partial charge on any atom is 0.300 e. The average Bonchev–Trinajstić information content (AvgIpc) is 3.05. The van der Waals surface area contributed by atoms with Crippen molar-refractivity contribution in [3.05, 3.63) is 89.5 Å². The number of phenolic OH excluding ortho intramolecular Hbond substituents is 2. The number of hydrogen-bond acceptors (Lipinski definition) is 6. The van der Waals surface area contributed by atoms with E-state index in [0.717, 1.165) is 4.90 Å². The molecular formula is C25H21NO6. The van der Waals surface area contributed by atoms with Gasteiger partial charge in [-0.05, 0) is 48.9 Å². The number of ketones is 1. The van der Waals surface area contributed by atoms with Crippen LogP contribution in [0.15, 0.2) is 78.4 Å². The van der Waals surface area contributed by atoms with Gasteiger partial charge in [-0.3, -0.25) is 14.5 Å². The summed E-state index contributed by atoms with van der Waals surface area (Å²) in [6.45, 7) is 2.25. The van der Waals surface area contributed by atoms with Crippen molar-refractivity contribution in [3.63, 3.8) is 0 Å². The van der Waals surface area contributed by atoms with Crippen LogP contribution in [-0.2, 0) is 9.59 Å². The highest BCUT2D eigenvalue weighted by atomic mass is 16.5. The van der Waals surface area contributed by atoms with Gasteiger partial charge in [-0.1, -0.05) is 36.4 Å². The number of carbonyl (C=O) groups excluding carboxylic acids is 2. The minimum absolute atomic E-state index is 0.0660. The maximum atomic E-state index is 13.1. The second kappa shape index (κ2) is 8.47. The summed E-state index contributed by atoms with van der Waals surface area (Å²) >= 11 is 0. The summed E-state index contributed by atoms with van der Waals surface area (Å²) in [5.41, 5.74) is 0.661. The van der Waals surface area contributed by atoms with Crippen LogP contribution in [0.25, 0.3) is 5.76 Å². The highest BCUT2D eigenvalue weighted by Crippen LogP contribution is 2.45. The first-order valence-corrected chi connectivity index (χ1v) is 10.0. The fraction of sp³-hybridized carbons (Fsp3) is 0.120. The van der Waals surface area contributed by atoms with E-state index >= 15 is 0 Å². The van der Waals surface area contributed by atoms with Crippen LogP contribution in [0.4, 0.5) is 5.69 Å². The standard InChI is InChI=1S/C25H21NO6/c1-2-32-18-10-6-8-16(14-18)23(29)21-22(15-7-5-9-17(27)13-15)26(25(31)24(21)30)19-11-3-4-12-20(19)28/h3-14,22,27-29H,2H2,1H3/b23-21-. The first-order chi connectivity index (χ1) is 15.4. The number of anilines is 1. The van der Waals surface area contributed by atoms with Gasteiger partial charge in [0.25, 0.3) is 11.7 Å². The van der Waals surface area contributed by atoms with Gasteiger partial charge in [0.05, 0.1) is 23.9 Å². The molecule has 3 N–H and O–H groups in total. The molecule has 1 saturated heterocycles. The molecule has 32 heavy (non-hydrogen) atoms. The summed E-state index contributed by atoms with van der Waals surface area (Å²) in [5, 5.41) is 31.5. The summed E-state index contributed by atoms with van der Waals surface area (Å²) in [5.74, 6) is -1.94. The van der Waals surface area contributed by atoms with Crippen molar-refractivity contribution in [1.82, 2.24) is 0 Å². The zero-order chi connectivity index (χ0) is 22.8. The van der Waals surface area contributed by atoms with Crippen molar-refractivity contribution in [2.24, 2.45) is 0 Å². The second-order valence-electron chi connectivity index (χ2n) is 7.21. The Bertz CT molecular complexity index is 1230. The molecule has 3 aromatic rings. The van der Waals surface area contributed by atoms with E-state index in [2.05, 4.69) is 0 Å². The van der Waals surface area contributed by atoms with E-state index in [1.807, 2.05) is 6.92 Å². The van der Waals surface area contributed by atoms with Crippen molar-refractivity contribution in [2.45, 2.75) is 13.0 Å². The fourth-order valence-corrected chi connectivity index (χ4v) is 3.81. The number of rotatable bonds is 5. The van der Waals surface area contributed by atoms with E-state index < -0.39 is 17.7 Å². The number of nitrogens with zero attached hydrogens (tertiary/aromatic N) is 1. The van der Waals surface area contributed by atoms with E-state index in [1.165, 1.54) is 24.3 Å². The van der Waals surface area contributed by atoms with E-state index in [-0.39, 0.29) is 28.5 Å². The van der Waals surface area contributed by atoms with Gasteiger partial charge in [0.15, 0.2) is 0 Å². The Hall–Kier alpha value is -4.26. The van der Waals surface area contributed by atoms with Crippen molar-refractivity contribution in [3.8, 4) is 17.2 Å². The number of carbonyl (C=O) groups is 2. The molecule has 1 aliphatic heterocycles. The Labute approximate surface area is 184 Å². The van der Waals surface area contributed by atoms with E-state index in [4.69, 9.17) is 4.74 Å². The van der Waals surface area contributed by atoms with Crippen molar-refractivity contribution in [2.75, 3.05) is 11.5 Å². The van der Waals surface area contributed by atoms with Crippen molar-refractivity contribution in [1.29, 1.82) is 0 Å². The Morgan fingerprint density at radius 1 is 0.969 bits per heavy atom. The first-order valence-electron chi connectivity index (χ1n) is 10.0. The van der Waals surface area contributed by atoms with Gasteiger partial charge in [0.2, 0.25) is 0 Å². The number of aliphatic hydroxyl groups excluding tert-OH is 1. The molecule has 0 bridgehead atoms. The Morgan fingerprint density at radius 3 is 2.44 bits per heavy atom. The molecule has 1 aliphatic rings. The minimum atomic E-state index is -1.06. The van der Waals surface area contributed by atoms with Gasteiger partial charge >= 0.3 is 0 Å². The lowest BCUT2D eigenvalue weighted by molar-refractivity contribution is -0.132. The highest BCUT2D eigenvalue weighted by molar-refractivity contribution is 6.51. The third kappa shape index (κ3) is 3.65. The lowest BCUT2D eigenvalue weighted by Crippen LogP contribution is -2.29. The number of Topliss-reactive ketones (excluding diaryl/α,β-unsaturated/α-hetero) is 1. The number of benzene rings is 3. The average molecular weight is 431 g/mol. The van der Waals surface area contributed by atoms with Crippen molar-refractivity contribution >= 4 is 23.1 Å². The van der Waals surface area contributed by atoms with Crippen LogP contribution in [-0.4, -0.2) is 33.6 Å². The molecule has 1 amide bonds. The van der Waals surface area contributed by atoms with Crippen LogP contribution in [0.2, 0.25) is 0 Å². The fourth-order valence-electron chi connectivity index (χ4n) is 3.81. The predicted octanol–water partition coefficient (Wildman–Crippen LogP) is 4.12. The zero-order valence-corrected chi connectivity index (χ0v) is 17.2. The SMILES string of the molecule is CCOc1cccc(/C(O)=C2/C(=O)C(=O)N(c3ccccc3O)C2c2cccc(O)c2)c1. The van der Waals surface area contributed by atoms with Crippen LogP contribution in [0, 0.1) is 0 Å². The van der Waals surface area contributed by atoms with Crippen molar-refractivity contribution < 1.29 is 29.6 Å². The molecule has 0 radical (unpaired) electrons. The number of ether oxygens (including phenoxy) is 1. The third-order valence-electron chi connectivity index (χ3n) is 5.19. The van der Waals surface area contributed by atoms with E-state index in [1.54, 1.807) is 48.5 Å². The number of aliphatic hydroxyl groups is 1. The normalized spacial score (nSPS) is 17.5. The molecular weight excluding hydrogens is 410 g/mol. The summed E-state index contributed by atoms with van der Waals surface area (Å²) in [4.78, 5) is 27.3. The highest BCUT2D eigenvalue weighted by Gasteiger charge is 2.47. The minimum Gasteiger partial charge on any atom is -0.508 e. The largest absolute Gasteiger partial charge is 0.508 e. The molecule has 0 spiro atoms. The van der Waals surface area contributed by atoms with Gasteiger partial charge in [-0.25, -0.2) is 0 Å². The number of aromatic hydroxyl groups is 2. The Balaban J connectivity index is 1.95. The molecule has 0 aromatic heterocycles. The molecule has 0 aliphatic carbocycles. The molecule has 1 heterocycles. The first kappa shape index (κ1) is 21.0. The molecule has 162 valence electrons. The summed E-state index contributed by atoms with van der Waals surface area (Å²) in [7, 11) is 0. The van der Waals surface area contributed by atoms with Crippen LogP contribution in [0.1, 0.15) is 24.1 Å². The molecule has 1 atom stereocenters. The molecule has 7 heteroatoms. The van der Waals surface area contributed by atoms with E-state index in [9.17, 15) is 24.9 Å². The second-order valence-corrected chi connectivity index (χ2v) is 7.21. The topological polar surface area (TPSA) is 107 Å². The smallest absolute Gasteiger partial charge is 0.300 e. The zero-order valence-electron chi connectivity index (χ0n) is 17.2. The Kier molecular flexibility index (Phi) is 5.55. The molecule has 3 aromatic carbocycles. The Morgan fingerprint density at radius 2 is 1.72 bits per heavy atom. The monoisotopic (exact) mass is 431 g/mol. The van der Waals surface area contributed by atoms with Gasteiger partial charge in [0.1, 0.15) is 23.0 Å². The van der Waals surface area contributed by atoms with Gasteiger partial charge < -0.3 is 20.1 Å². The van der Waals surface area contributed by atoms with Gasteiger partial charge in [-0.15, -0.1) is 0 Å². The summed E-state index contributed by atoms with van der Waals surface area (Å²) in [6.07, 6.45) is 0. The molecule has 1 fully saturated rings. The van der Waals surface area contributed by atoms with Gasteiger partial charge in [0, 0.05) is 5.56 Å².